The number of rotatable bonds is 8. The first kappa shape index (κ1) is 21.4. The predicted octanol–water partition coefficient (Wildman–Crippen LogP) is 4.37. The van der Waals surface area contributed by atoms with Gasteiger partial charge in [-0.05, 0) is 51.2 Å². The lowest BCUT2D eigenvalue weighted by Gasteiger charge is -2.27. The van der Waals surface area contributed by atoms with Crippen LogP contribution in [0, 0.1) is 0 Å². The van der Waals surface area contributed by atoms with Gasteiger partial charge in [-0.1, -0.05) is 13.3 Å². The minimum atomic E-state index is -0.448. The Morgan fingerprint density at radius 2 is 1.87 bits per heavy atom. The van der Waals surface area contributed by atoms with Crippen molar-refractivity contribution in [2.45, 2.75) is 76.9 Å². The van der Waals surface area contributed by atoms with Crippen molar-refractivity contribution in [2.75, 3.05) is 10.6 Å². The fraction of sp³-hybridized carbons (Fsp3) is 0.522. The summed E-state index contributed by atoms with van der Waals surface area (Å²) in [4.78, 5) is 13.9. The third-order valence-electron chi connectivity index (χ3n) is 5.72. The molecule has 2 aromatic rings. The van der Waals surface area contributed by atoms with Gasteiger partial charge in [0.1, 0.15) is 18.3 Å². The van der Waals surface area contributed by atoms with Crippen LogP contribution < -0.4 is 10.6 Å². The second-order valence-corrected chi connectivity index (χ2v) is 8.29. The van der Waals surface area contributed by atoms with Crippen LogP contribution in [0.5, 0.6) is 0 Å². The van der Waals surface area contributed by atoms with E-state index in [0.717, 1.165) is 61.2 Å². The summed E-state index contributed by atoms with van der Waals surface area (Å²) in [5.74, 6) is 1.37. The van der Waals surface area contributed by atoms with E-state index in [-0.39, 0.29) is 12.1 Å². The molecule has 2 aromatic heterocycles. The maximum Gasteiger partial charge on any atom is 0.267 e. The maximum atomic E-state index is 9.84. The Labute approximate surface area is 183 Å². The SMILES string of the molecule is CCCC(C)Nc1ncc(-c2ccc(C3OC=CO3)cn2)c(NC2CCC(O)CC2)n1. The Morgan fingerprint density at radius 1 is 1.10 bits per heavy atom. The zero-order valence-corrected chi connectivity index (χ0v) is 18.1. The van der Waals surface area contributed by atoms with E-state index in [4.69, 9.17) is 14.5 Å². The molecule has 31 heavy (non-hydrogen) atoms. The van der Waals surface area contributed by atoms with Gasteiger partial charge in [-0.3, -0.25) is 4.98 Å². The van der Waals surface area contributed by atoms with Gasteiger partial charge < -0.3 is 25.2 Å². The Bertz CT molecular complexity index is 873. The molecule has 0 amide bonds. The van der Waals surface area contributed by atoms with E-state index in [9.17, 15) is 5.11 Å². The van der Waals surface area contributed by atoms with Crippen molar-refractivity contribution in [3.63, 3.8) is 0 Å². The fourth-order valence-electron chi connectivity index (χ4n) is 3.99. The molecule has 8 nitrogen and oxygen atoms in total. The summed E-state index contributed by atoms with van der Waals surface area (Å²) in [6, 6.07) is 4.44. The molecule has 1 saturated carbocycles. The molecular formula is C23H31N5O3. The highest BCUT2D eigenvalue weighted by Gasteiger charge is 2.22. The molecule has 1 unspecified atom stereocenters. The van der Waals surface area contributed by atoms with Gasteiger partial charge >= 0.3 is 0 Å². The minimum Gasteiger partial charge on any atom is -0.455 e. The van der Waals surface area contributed by atoms with Crippen molar-refractivity contribution < 1.29 is 14.6 Å². The van der Waals surface area contributed by atoms with E-state index in [1.54, 1.807) is 6.20 Å². The van der Waals surface area contributed by atoms with E-state index >= 15 is 0 Å². The average molecular weight is 426 g/mol. The first-order chi connectivity index (χ1) is 15.1. The third-order valence-corrected chi connectivity index (χ3v) is 5.72. The predicted molar refractivity (Wildman–Crippen MR) is 119 cm³/mol. The molecule has 8 heteroatoms. The molecule has 3 N–H and O–H groups in total. The molecule has 0 aromatic carbocycles. The van der Waals surface area contributed by atoms with Crippen molar-refractivity contribution in [1.82, 2.24) is 15.0 Å². The molecule has 3 heterocycles. The number of nitrogens with one attached hydrogen (secondary N) is 2. The number of ether oxygens (including phenoxy) is 2. The Balaban J connectivity index is 1.57. The first-order valence-corrected chi connectivity index (χ1v) is 11.1. The van der Waals surface area contributed by atoms with E-state index < -0.39 is 6.29 Å². The molecule has 1 aliphatic heterocycles. The van der Waals surface area contributed by atoms with E-state index in [1.807, 2.05) is 18.3 Å². The number of pyridine rings is 1. The Morgan fingerprint density at radius 3 is 2.55 bits per heavy atom. The second kappa shape index (κ2) is 9.96. The fourth-order valence-corrected chi connectivity index (χ4v) is 3.99. The molecular weight excluding hydrogens is 394 g/mol. The maximum absolute atomic E-state index is 9.84. The van der Waals surface area contributed by atoms with Crippen LogP contribution in [0.3, 0.4) is 0 Å². The summed E-state index contributed by atoms with van der Waals surface area (Å²) in [5, 5.41) is 16.8. The van der Waals surface area contributed by atoms with Gasteiger partial charge in [0.25, 0.3) is 6.29 Å². The summed E-state index contributed by atoms with van der Waals surface area (Å²) in [7, 11) is 0. The summed E-state index contributed by atoms with van der Waals surface area (Å²) >= 11 is 0. The largest absolute Gasteiger partial charge is 0.455 e. The van der Waals surface area contributed by atoms with E-state index in [2.05, 4.69) is 34.4 Å². The van der Waals surface area contributed by atoms with Crippen LogP contribution >= 0.6 is 0 Å². The number of aliphatic hydroxyl groups is 1. The van der Waals surface area contributed by atoms with Crippen molar-refractivity contribution in [1.29, 1.82) is 0 Å². The number of anilines is 2. The Kier molecular flexibility index (Phi) is 6.86. The van der Waals surface area contributed by atoms with Gasteiger partial charge in [0.15, 0.2) is 0 Å². The standard InChI is InChI=1S/C23H31N5O3/c1-3-4-15(2)26-23-25-14-19(21(28-23)27-17-6-8-18(29)9-7-17)20-10-5-16(13-24-20)22-30-11-12-31-22/h5,10-15,17-18,22,29H,3-4,6-9H2,1-2H3,(H2,25,26,27,28). The number of aliphatic hydroxyl groups excluding tert-OH is 1. The van der Waals surface area contributed by atoms with Crippen LogP contribution in [0.25, 0.3) is 11.3 Å². The summed E-state index contributed by atoms with van der Waals surface area (Å²) in [6.45, 7) is 4.30. The second-order valence-electron chi connectivity index (χ2n) is 8.29. The van der Waals surface area contributed by atoms with Gasteiger partial charge in [-0.25, -0.2) is 4.98 Å². The van der Waals surface area contributed by atoms with Crippen molar-refractivity contribution >= 4 is 11.8 Å². The highest BCUT2D eigenvalue weighted by molar-refractivity contribution is 5.73. The lowest BCUT2D eigenvalue weighted by Crippen LogP contribution is -2.29. The quantitative estimate of drug-likeness (QED) is 0.573. The molecule has 0 saturated heterocycles. The first-order valence-electron chi connectivity index (χ1n) is 11.1. The summed E-state index contributed by atoms with van der Waals surface area (Å²) < 4.78 is 10.8. The molecule has 0 spiro atoms. The van der Waals surface area contributed by atoms with Crippen LogP contribution in [0.4, 0.5) is 11.8 Å². The van der Waals surface area contributed by atoms with Gasteiger partial charge in [0.2, 0.25) is 5.95 Å². The zero-order chi connectivity index (χ0) is 21.6. The van der Waals surface area contributed by atoms with Crippen LogP contribution in [0.2, 0.25) is 0 Å². The molecule has 166 valence electrons. The molecule has 0 bridgehead atoms. The highest BCUT2D eigenvalue weighted by Crippen LogP contribution is 2.30. The minimum absolute atomic E-state index is 0.196. The van der Waals surface area contributed by atoms with Crippen molar-refractivity contribution in [3.8, 4) is 11.3 Å². The molecule has 2 aliphatic rings. The van der Waals surface area contributed by atoms with Crippen molar-refractivity contribution in [3.05, 3.63) is 42.6 Å². The Hall–Kier alpha value is -2.87. The van der Waals surface area contributed by atoms with Crippen LogP contribution in [-0.4, -0.2) is 38.2 Å². The molecule has 0 radical (unpaired) electrons. The summed E-state index contributed by atoms with van der Waals surface area (Å²) in [5.41, 5.74) is 2.47. The topological polar surface area (TPSA) is 101 Å². The average Bonchev–Trinajstić information content (AvgIpc) is 3.31. The molecule has 1 fully saturated rings. The van der Waals surface area contributed by atoms with Crippen LogP contribution in [-0.2, 0) is 9.47 Å². The molecule has 4 rings (SSSR count). The van der Waals surface area contributed by atoms with Gasteiger partial charge in [0, 0.05) is 24.5 Å². The lowest BCUT2D eigenvalue weighted by molar-refractivity contribution is -0.0248. The van der Waals surface area contributed by atoms with Gasteiger partial charge in [-0.15, -0.1) is 0 Å². The van der Waals surface area contributed by atoms with E-state index in [0.29, 0.717) is 12.0 Å². The third kappa shape index (κ3) is 5.44. The van der Waals surface area contributed by atoms with E-state index in [1.165, 1.54) is 12.5 Å². The number of nitrogens with zero attached hydrogens (tertiary/aromatic N) is 3. The number of hydrogen-bond acceptors (Lipinski definition) is 8. The van der Waals surface area contributed by atoms with Crippen LogP contribution in [0.1, 0.15) is 64.2 Å². The molecule has 1 atom stereocenters. The highest BCUT2D eigenvalue weighted by atomic mass is 16.7. The zero-order valence-electron chi connectivity index (χ0n) is 18.1. The van der Waals surface area contributed by atoms with Crippen molar-refractivity contribution in [2.24, 2.45) is 0 Å². The van der Waals surface area contributed by atoms with Gasteiger partial charge in [0.05, 0.1) is 22.9 Å². The summed E-state index contributed by atoms with van der Waals surface area (Å²) in [6.07, 6.45) is 11.6. The van der Waals surface area contributed by atoms with Gasteiger partial charge in [-0.2, -0.15) is 4.98 Å². The lowest BCUT2D eigenvalue weighted by atomic mass is 9.93. The molecule has 1 aliphatic carbocycles. The van der Waals surface area contributed by atoms with Crippen LogP contribution in [0.15, 0.2) is 37.1 Å². The normalized spacial score (nSPS) is 21.9. The number of hydrogen-bond donors (Lipinski definition) is 3. The monoisotopic (exact) mass is 425 g/mol. The number of aromatic nitrogens is 3. The smallest absolute Gasteiger partial charge is 0.267 e.